The van der Waals surface area contributed by atoms with Crippen molar-refractivity contribution < 1.29 is 19.1 Å². The molecular weight excluding hydrogens is 440 g/mol. The zero-order chi connectivity index (χ0) is 22.3. The predicted molar refractivity (Wildman–Crippen MR) is 119 cm³/mol. The molecule has 0 aliphatic carbocycles. The molecule has 0 spiro atoms. The number of benzene rings is 3. The molecule has 1 amide bonds. The molecule has 1 N–H and O–H groups in total. The number of aliphatic hydroxyl groups is 1. The Morgan fingerprint density at radius 2 is 1.58 bits per heavy atom. The van der Waals surface area contributed by atoms with Crippen LogP contribution in [-0.4, -0.2) is 16.8 Å². The molecule has 0 radical (unpaired) electrons. The molecule has 1 unspecified atom stereocenters. The zero-order valence-corrected chi connectivity index (χ0v) is 17.8. The van der Waals surface area contributed by atoms with Crippen LogP contribution in [0.4, 0.5) is 10.1 Å². The minimum atomic E-state index is -0.973. The quantitative estimate of drug-likeness (QED) is 0.296. The lowest BCUT2D eigenvalue weighted by atomic mass is 9.95. The van der Waals surface area contributed by atoms with Crippen LogP contribution in [0.1, 0.15) is 22.7 Å². The maximum atomic E-state index is 13.6. The zero-order valence-electron chi connectivity index (χ0n) is 16.3. The van der Waals surface area contributed by atoms with Crippen LogP contribution in [0.25, 0.3) is 5.76 Å². The molecule has 4 rings (SSSR count). The second-order valence-corrected chi connectivity index (χ2v) is 8.00. The van der Waals surface area contributed by atoms with Gasteiger partial charge in [0.05, 0.1) is 21.7 Å². The van der Waals surface area contributed by atoms with Crippen molar-refractivity contribution in [3.63, 3.8) is 0 Å². The molecule has 31 heavy (non-hydrogen) atoms. The average molecular weight is 456 g/mol. The van der Waals surface area contributed by atoms with Crippen LogP contribution < -0.4 is 4.90 Å². The van der Waals surface area contributed by atoms with Gasteiger partial charge in [-0.25, -0.2) is 4.39 Å². The number of carbonyl (C=O) groups excluding carboxylic acids is 2. The maximum Gasteiger partial charge on any atom is 0.300 e. The average Bonchev–Trinajstić information content (AvgIpc) is 3.01. The summed E-state index contributed by atoms with van der Waals surface area (Å²) in [6.07, 6.45) is 0. The van der Waals surface area contributed by atoms with Crippen molar-refractivity contribution in [2.45, 2.75) is 13.0 Å². The number of nitrogens with zero attached hydrogens (tertiary/aromatic N) is 1. The number of rotatable bonds is 3. The van der Waals surface area contributed by atoms with Crippen LogP contribution in [0, 0.1) is 12.7 Å². The van der Waals surface area contributed by atoms with Gasteiger partial charge in [-0.15, -0.1) is 0 Å². The highest BCUT2D eigenvalue weighted by atomic mass is 35.5. The molecule has 156 valence electrons. The minimum Gasteiger partial charge on any atom is -0.507 e. The van der Waals surface area contributed by atoms with Crippen molar-refractivity contribution in [2.75, 3.05) is 4.90 Å². The second-order valence-electron chi connectivity index (χ2n) is 7.19. The smallest absolute Gasteiger partial charge is 0.300 e. The Kier molecular flexibility index (Phi) is 5.56. The van der Waals surface area contributed by atoms with Gasteiger partial charge in [0.25, 0.3) is 11.7 Å². The van der Waals surface area contributed by atoms with E-state index in [0.29, 0.717) is 21.8 Å². The number of anilines is 1. The number of aryl methyl sites for hydroxylation is 1. The van der Waals surface area contributed by atoms with Gasteiger partial charge in [-0.3, -0.25) is 14.5 Å². The first-order valence-electron chi connectivity index (χ1n) is 9.36. The fourth-order valence-electron chi connectivity index (χ4n) is 3.56. The Morgan fingerprint density at radius 1 is 0.935 bits per heavy atom. The molecule has 0 bridgehead atoms. The Hall–Kier alpha value is -3.15. The van der Waals surface area contributed by atoms with Gasteiger partial charge in [0.1, 0.15) is 11.6 Å². The summed E-state index contributed by atoms with van der Waals surface area (Å²) >= 11 is 12.1. The fraction of sp³-hybridized carbons (Fsp3) is 0.0833. The van der Waals surface area contributed by atoms with Gasteiger partial charge in [-0.2, -0.15) is 0 Å². The standard InChI is InChI=1S/C24H16Cl2FNO3/c1-13-2-4-15(5-3-13)22(29)20-21(14-6-8-16(27)9-7-14)28(24(31)23(20)30)17-10-11-18(25)19(26)12-17/h2-12,21,29H,1H3/b22-20+. The SMILES string of the molecule is Cc1ccc(/C(O)=C2\C(=O)C(=O)N(c3ccc(Cl)c(Cl)c3)C2c2ccc(F)cc2)cc1. The third kappa shape index (κ3) is 3.82. The van der Waals surface area contributed by atoms with E-state index in [1.54, 1.807) is 30.3 Å². The van der Waals surface area contributed by atoms with Crippen molar-refractivity contribution in [2.24, 2.45) is 0 Å². The van der Waals surface area contributed by atoms with Crippen molar-refractivity contribution in [1.29, 1.82) is 0 Å². The van der Waals surface area contributed by atoms with Gasteiger partial charge in [0.2, 0.25) is 0 Å². The molecule has 1 heterocycles. The third-order valence-electron chi connectivity index (χ3n) is 5.14. The van der Waals surface area contributed by atoms with Gasteiger partial charge in [0.15, 0.2) is 0 Å². The summed E-state index contributed by atoms with van der Waals surface area (Å²) in [6.45, 7) is 1.89. The number of Topliss-reactive ketones (excluding diaryl/α,β-unsaturated/α-hetero) is 1. The number of hydrogen-bond donors (Lipinski definition) is 1. The van der Waals surface area contributed by atoms with Crippen molar-refractivity contribution >= 4 is 46.3 Å². The first kappa shape index (κ1) is 21.1. The lowest BCUT2D eigenvalue weighted by Gasteiger charge is -2.25. The van der Waals surface area contributed by atoms with E-state index in [1.807, 2.05) is 6.92 Å². The summed E-state index contributed by atoms with van der Waals surface area (Å²) in [5.74, 6) is -2.45. The number of amides is 1. The molecule has 1 fully saturated rings. The number of ketones is 1. The molecule has 1 atom stereocenters. The van der Waals surface area contributed by atoms with E-state index >= 15 is 0 Å². The highest BCUT2D eigenvalue weighted by Gasteiger charge is 2.47. The second kappa shape index (κ2) is 8.17. The third-order valence-corrected chi connectivity index (χ3v) is 5.88. The number of aliphatic hydroxyl groups excluding tert-OH is 1. The number of halogens is 3. The van der Waals surface area contributed by atoms with Crippen molar-refractivity contribution in [3.8, 4) is 0 Å². The topological polar surface area (TPSA) is 57.6 Å². The van der Waals surface area contributed by atoms with E-state index in [0.717, 1.165) is 5.56 Å². The van der Waals surface area contributed by atoms with E-state index in [1.165, 1.54) is 41.3 Å². The lowest BCUT2D eigenvalue weighted by molar-refractivity contribution is -0.132. The van der Waals surface area contributed by atoms with E-state index in [-0.39, 0.29) is 16.4 Å². The number of carbonyl (C=O) groups is 2. The van der Waals surface area contributed by atoms with Crippen molar-refractivity contribution in [3.05, 3.63) is 105 Å². The number of hydrogen-bond acceptors (Lipinski definition) is 3. The van der Waals surface area contributed by atoms with E-state index < -0.39 is 23.5 Å². The summed E-state index contributed by atoms with van der Waals surface area (Å²) in [5, 5.41) is 11.5. The van der Waals surface area contributed by atoms with Crippen molar-refractivity contribution in [1.82, 2.24) is 0 Å². The monoisotopic (exact) mass is 455 g/mol. The van der Waals surface area contributed by atoms with Gasteiger partial charge >= 0.3 is 0 Å². The largest absolute Gasteiger partial charge is 0.507 e. The summed E-state index contributed by atoms with van der Waals surface area (Å²) in [5.41, 5.74) is 2.06. The summed E-state index contributed by atoms with van der Waals surface area (Å²) in [7, 11) is 0. The van der Waals surface area contributed by atoms with Crippen LogP contribution in [0.2, 0.25) is 10.0 Å². The summed E-state index contributed by atoms with van der Waals surface area (Å²) in [6, 6.07) is 15.9. The first-order chi connectivity index (χ1) is 14.8. The molecule has 0 saturated carbocycles. The molecule has 1 aliphatic heterocycles. The van der Waals surface area contributed by atoms with E-state index in [2.05, 4.69) is 0 Å². The molecule has 0 aromatic heterocycles. The van der Waals surface area contributed by atoms with E-state index in [4.69, 9.17) is 23.2 Å². The van der Waals surface area contributed by atoms with Crippen LogP contribution >= 0.6 is 23.2 Å². The molecule has 1 saturated heterocycles. The molecule has 3 aromatic carbocycles. The highest BCUT2D eigenvalue weighted by molar-refractivity contribution is 6.52. The highest BCUT2D eigenvalue weighted by Crippen LogP contribution is 2.43. The Labute approximate surface area is 188 Å². The first-order valence-corrected chi connectivity index (χ1v) is 10.1. The van der Waals surface area contributed by atoms with E-state index in [9.17, 15) is 19.1 Å². The predicted octanol–water partition coefficient (Wildman–Crippen LogP) is 6.07. The Morgan fingerprint density at radius 3 is 2.19 bits per heavy atom. The van der Waals surface area contributed by atoms with Crippen LogP contribution in [-0.2, 0) is 9.59 Å². The Bertz CT molecular complexity index is 1220. The van der Waals surface area contributed by atoms with Gasteiger partial charge < -0.3 is 5.11 Å². The van der Waals surface area contributed by atoms with Crippen LogP contribution in [0.5, 0.6) is 0 Å². The van der Waals surface area contributed by atoms with Crippen LogP contribution in [0.15, 0.2) is 72.3 Å². The summed E-state index contributed by atoms with van der Waals surface area (Å²) in [4.78, 5) is 27.3. The van der Waals surface area contributed by atoms with Gasteiger partial charge in [0, 0.05) is 11.3 Å². The fourth-order valence-corrected chi connectivity index (χ4v) is 3.85. The van der Waals surface area contributed by atoms with Gasteiger partial charge in [-0.1, -0.05) is 65.2 Å². The molecule has 1 aliphatic rings. The summed E-state index contributed by atoms with van der Waals surface area (Å²) < 4.78 is 13.6. The maximum absolute atomic E-state index is 13.6. The van der Waals surface area contributed by atoms with Crippen LogP contribution in [0.3, 0.4) is 0 Å². The van der Waals surface area contributed by atoms with Gasteiger partial charge in [-0.05, 0) is 42.8 Å². The molecular formula is C24H16Cl2FNO3. The molecule has 3 aromatic rings. The molecule has 4 nitrogen and oxygen atoms in total. The Balaban J connectivity index is 1.95. The molecule has 7 heteroatoms. The lowest BCUT2D eigenvalue weighted by Crippen LogP contribution is -2.29. The minimum absolute atomic E-state index is 0.0912. The normalized spacial score (nSPS) is 17.9.